The highest BCUT2D eigenvalue weighted by Crippen LogP contribution is 2.22. The summed E-state index contributed by atoms with van der Waals surface area (Å²) in [5.74, 6) is 1.24. The monoisotopic (exact) mass is 548 g/mol. The standard InChI is InChI=1S/C32H37ClN2O4/c1-38-29-14-7-11-25(21-29)23-35(31(36)15-8-20-39-28-18-16-26(33)17-19-28)30(22-24-9-3-2-4-10-24)32(37)34-27-12-5-6-13-27/h2-4,7,9-11,14,16-19,21,27,30H,5-6,8,12-13,15,20,22-23H2,1H3,(H,34,37)/t30-/m1/s1. The van der Waals surface area contributed by atoms with Gasteiger partial charge in [0.05, 0.1) is 13.7 Å². The molecule has 0 bridgehead atoms. The zero-order valence-corrected chi connectivity index (χ0v) is 23.2. The molecule has 0 aromatic heterocycles. The number of hydrogen-bond acceptors (Lipinski definition) is 4. The second-order valence-electron chi connectivity index (χ2n) is 9.97. The average Bonchev–Trinajstić information content (AvgIpc) is 3.47. The molecule has 0 spiro atoms. The van der Waals surface area contributed by atoms with E-state index in [-0.39, 0.29) is 24.3 Å². The number of carbonyl (C=O) groups is 2. The molecule has 0 unspecified atom stereocenters. The molecule has 206 valence electrons. The van der Waals surface area contributed by atoms with Gasteiger partial charge in [0.15, 0.2) is 0 Å². The van der Waals surface area contributed by atoms with Crippen LogP contribution in [0.2, 0.25) is 5.02 Å². The number of hydrogen-bond donors (Lipinski definition) is 1. The second-order valence-corrected chi connectivity index (χ2v) is 10.4. The van der Waals surface area contributed by atoms with Gasteiger partial charge in [-0.1, -0.05) is 66.9 Å². The van der Waals surface area contributed by atoms with E-state index in [2.05, 4.69) is 5.32 Å². The van der Waals surface area contributed by atoms with E-state index in [1.54, 1.807) is 24.1 Å². The number of halogens is 1. The molecule has 4 rings (SSSR count). The van der Waals surface area contributed by atoms with Gasteiger partial charge in [0.25, 0.3) is 0 Å². The summed E-state index contributed by atoms with van der Waals surface area (Å²) >= 11 is 5.96. The molecule has 7 heteroatoms. The van der Waals surface area contributed by atoms with E-state index in [9.17, 15) is 9.59 Å². The molecule has 1 saturated carbocycles. The summed E-state index contributed by atoms with van der Waals surface area (Å²) in [7, 11) is 1.62. The lowest BCUT2D eigenvalue weighted by atomic mass is 10.0. The molecule has 0 saturated heterocycles. The lowest BCUT2D eigenvalue weighted by Crippen LogP contribution is -2.52. The van der Waals surface area contributed by atoms with Crippen LogP contribution in [0, 0.1) is 0 Å². The number of ether oxygens (including phenoxy) is 2. The quantitative estimate of drug-likeness (QED) is 0.258. The Bertz CT molecular complexity index is 1200. The second kappa shape index (κ2) is 14.6. The van der Waals surface area contributed by atoms with Crippen molar-refractivity contribution >= 4 is 23.4 Å². The van der Waals surface area contributed by atoms with Crippen molar-refractivity contribution in [3.05, 3.63) is 95.0 Å². The lowest BCUT2D eigenvalue weighted by molar-refractivity contribution is -0.141. The first kappa shape index (κ1) is 28.5. The van der Waals surface area contributed by atoms with Crippen LogP contribution in [0.1, 0.15) is 49.7 Å². The van der Waals surface area contributed by atoms with Crippen LogP contribution in [-0.2, 0) is 22.6 Å². The number of rotatable bonds is 13. The predicted octanol–water partition coefficient (Wildman–Crippen LogP) is 6.21. The lowest BCUT2D eigenvalue weighted by Gasteiger charge is -2.32. The molecule has 0 radical (unpaired) electrons. The minimum atomic E-state index is -0.635. The summed E-state index contributed by atoms with van der Waals surface area (Å²) < 4.78 is 11.2. The van der Waals surface area contributed by atoms with Crippen molar-refractivity contribution in [1.29, 1.82) is 0 Å². The van der Waals surface area contributed by atoms with Gasteiger partial charge in [0.1, 0.15) is 17.5 Å². The first-order valence-electron chi connectivity index (χ1n) is 13.7. The van der Waals surface area contributed by atoms with E-state index in [0.29, 0.717) is 42.5 Å². The van der Waals surface area contributed by atoms with E-state index in [4.69, 9.17) is 21.1 Å². The Morgan fingerprint density at radius 2 is 1.67 bits per heavy atom. The maximum absolute atomic E-state index is 13.8. The smallest absolute Gasteiger partial charge is 0.243 e. The van der Waals surface area contributed by atoms with Gasteiger partial charge < -0.3 is 19.7 Å². The number of benzene rings is 3. The summed E-state index contributed by atoms with van der Waals surface area (Å²) in [6.45, 7) is 0.696. The van der Waals surface area contributed by atoms with Gasteiger partial charge in [-0.2, -0.15) is 0 Å². The summed E-state index contributed by atoms with van der Waals surface area (Å²) in [5.41, 5.74) is 1.92. The van der Waals surface area contributed by atoms with Gasteiger partial charge in [0, 0.05) is 30.5 Å². The number of carbonyl (C=O) groups excluding carboxylic acids is 2. The number of methoxy groups -OCH3 is 1. The summed E-state index contributed by atoms with van der Waals surface area (Å²) in [6, 6.07) is 24.2. The van der Waals surface area contributed by atoms with Crippen LogP contribution in [0.25, 0.3) is 0 Å². The van der Waals surface area contributed by atoms with E-state index in [0.717, 1.165) is 36.8 Å². The van der Waals surface area contributed by atoms with E-state index in [1.165, 1.54) is 0 Å². The molecule has 39 heavy (non-hydrogen) atoms. The topological polar surface area (TPSA) is 67.9 Å². The molecule has 1 aliphatic carbocycles. The maximum atomic E-state index is 13.8. The van der Waals surface area contributed by atoms with E-state index in [1.807, 2.05) is 66.7 Å². The molecular formula is C32H37ClN2O4. The Morgan fingerprint density at radius 1 is 0.949 bits per heavy atom. The fraction of sp³-hybridized carbons (Fsp3) is 0.375. The third kappa shape index (κ3) is 8.75. The van der Waals surface area contributed by atoms with Crippen LogP contribution < -0.4 is 14.8 Å². The Balaban J connectivity index is 1.52. The number of amides is 2. The van der Waals surface area contributed by atoms with Crippen LogP contribution in [0.15, 0.2) is 78.9 Å². The Hall–Kier alpha value is -3.51. The van der Waals surface area contributed by atoms with Gasteiger partial charge in [-0.05, 0) is 66.8 Å². The van der Waals surface area contributed by atoms with E-state index < -0.39 is 6.04 Å². The predicted molar refractivity (Wildman–Crippen MR) is 154 cm³/mol. The van der Waals surface area contributed by atoms with Crippen molar-refractivity contribution in [1.82, 2.24) is 10.2 Å². The van der Waals surface area contributed by atoms with E-state index >= 15 is 0 Å². The van der Waals surface area contributed by atoms with Crippen LogP contribution >= 0.6 is 11.6 Å². The minimum Gasteiger partial charge on any atom is -0.497 e. The largest absolute Gasteiger partial charge is 0.497 e. The SMILES string of the molecule is COc1cccc(CN(C(=O)CCCOc2ccc(Cl)cc2)[C@H](Cc2ccccc2)C(=O)NC2CCCC2)c1. The zero-order valence-electron chi connectivity index (χ0n) is 22.5. The van der Waals surface area contributed by atoms with Crippen molar-refractivity contribution < 1.29 is 19.1 Å². The zero-order chi connectivity index (χ0) is 27.5. The Labute approximate surface area is 236 Å². The number of nitrogens with one attached hydrogen (secondary N) is 1. The first-order chi connectivity index (χ1) is 19.0. The molecule has 0 aliphatic heterocycles. The van der Waals surface area contributed by atoms with Crippen LogP contribution in [0.4, 0.5) is 0 Å². The molecule has 1 aliphatic rings. The maximum Gasteiger partial charge on any atom is 0.243 e. The molecule has 0 heterocycles. The molecule has 1 N–H and O–H groups in total. The van der Waals surface area contributed by atoms with Crippen LogP contribution in [0.3, 0.4) is 0 Å². The molecule has 3 aromatic rings. The molecule has 3 aromatic carbocycles. The normalized spacial score (nSPS) is 14.0. The number of nitrogens with zero attached hydrogens (tertiary/aromatic N) is 1. The molecule has 1 fully saturated rings. The third-order valence-electron chi connectivity index (χ3n) is 7.08. The van der Waals surface area contributed by atoms with Gasteiger partial charge in [-0.25, -0.2) is 0 Å². The highest BCUT2D eigenvalue weighted by Gasteiger charge is 2.32. The van der Waals surface area contributed by atoms with Crippen LogP contribution in [-0.4, -0.2) is 42.5 Å². The van der Waals surface area contributed by atoms with Crippen molar-refractivity contribution in [3.8, 4) is 11.5 Å². The molecule has 1 atom stereocenters. The highest BCUT2D eigenvalue weighted by molar-refractivity contribution is 6.30. The minimum absolute atomic E-state index is 0.0833. The van der Waals surface area contributed by atoms with Crippen molar-refractivity contribution in [3.63, 3.8) is 0 Å². The fourth-order valence-electron chi connectivity index (χ4n) is 4.98. The van der Waals surface area contributed by atoms with Crippen molar-refractivity contribution in [2.45, 2.75) is 63.6 Å². The van der Waals surface area contributed by atoms with Gasteiger partial charge in [-0.3, -0.25) is 9.59 Å². The third-order valence-corrected chi connectivity index (χ3v) is 7.33. The first-order valence-corrected chi connectivity index (χ1v) is 14.0. The van der Waals surface area contributed by atoms with Gasteiger partial charge >= 0.3 is 0 Å². The molecular weight excluding hydrogens is 512 g/mol. The summed E-state index contributed by atoms with van der Waals surface area (Å²) in [4.78, 5) is 29.2. The van der Waals surface area contributed by atoms with Gasteiger partial charge in [-0.15, -0.1) is 0 Å². The van der Waals surface area contributed by atoms with Crippen LogP contribution in [0.5, 0.6) is 11.5 Å². The van der Waals surface area contributed by atoms with Gasteiger partial charge in [0.2, 0.25) is 11.8 Å². The summed E-state index contributed by atoms with van der Waals surface area (Å²) in [5, 5.41) is 3.89. The van der Waals surface area contributed by atoms with Crippen molar-refractivity contribution in [2.24, 2.45) is 0 Å². The fourth-order valence-corrected chi connectivity index (χ4v) is 5.10. The Morgan fingerprint density at radius 3 is 2.38 bits per heavy atom. The summed E-state index contributed by atoms with van der Waals surface area (Å²) in [6.07, 6.45) is 5.43. The average molecular weight is 549 g/mol. The molecule has 2 amide bonds. The highest BCUT2D eigenvalue weighted by atomic mass is 35.5. The molecule has 6 nitrogen and oxygen atoms in total. The Kier molecular flexibility index (Phi) is 10.7. The van der Waals surface area contributed by atoms with Crippen molar-refractivity contribution in [2.75, 3.05) is 13.7 Å².